The van der Waals surface area contributed by atoms with Crippen LogP contribution in [0.25, 0.3) is 5.95 Å². The largest absolute Gasteiger partial charge is 0.357 e. The minimum absolute atomic E-state index is 0.0541. The molecule has 18 heavy (non-hydrogen) atoms. The molecule has 0 atom stereocenters. The summed E-state index contributed by atoms with van der Waals surface area (Å²) < 4.78 is 1.81. The topological polar surface area (TPSA) is 68.5 Å². The number of aromatic nitrogens is 5. The summed E-state index contributed by atoms with van der Waals surface area (Å²) in [6, 6.07) is 0. The summed E-state index contributed by atoms with van der Waals surface area (Å²) in [7, 11) is 1.79. The maximum atomic E-state index is 4.43. The Balaban J connectivity index is 2.39. The molecule has 2 rings (SSSR count). The molecular formula is C11H16N6S. The van der Waals surface area contributed by atoms with Crippen molar-refractivity contribution in [3.63, 3.8) is 0 Å². The van der Waals surface area contributed by atoms with Gasteiger partial charge in [0.25, 0.3) is 0 Å². The van der Waals surface area contributed by atoms with Gasteiger partial charge in [-0.15, -0.1) is 0 Å². The number of imidazole rings is 1. The SMILES string of the molecule is CNc1nc(SC(C)(C)C)nc(-n2ccnc2)n1. The van der Waals surface area contributed by atoms with Crippen LogP contribution >= 0.6 is 11.8 Å². The van der Waals surface area contributed by atoms with E-state index in [1.807, 2.05) is 0 Å². The van der Waals surface area contributed by atoms with E-state index in [0.717, 1.165) is 0 Å². The average molecular weight is 264 g/mol. The van der Waals surface area contributed by atoms with E-state index in [0.29, 0.717) is 17.1 Å². The smallest absolute Gasteiger partial charge is 0.240 e. The first-order valence-corrected chi connectivity index (χ1v) is 6.41. The van der Waals surface area contributed by atoms with Crippen LogP contribution in [-0.4, -0.2) is 36.3 Å². The third-order valence-electron chi connectivity index (χ3n) is 1.96. The van der Waals surface area contributed by atoms with Crippen molar-refractivity contribution in [2.24, 2.45) is 0 Å². The fourth-order valence-corrected chi connectivity index (χ4v) is 2.08. The summed E-state index contributed by atoms with van der Waals surface area (Å²) in [5, 5.41) is 3.65. The van der Waals surface area contributed by atoms with Crippen molar-refractivity contribution in [3.8, 4) is 5.95 Å². The van der Waals surface area contributed by atoms with Crippen LogP contribution in [-0.2, 0) is 0 Å². The van der Waals surface area contributed by atoms with Crippen LogP contribution < -0.4 is 5.32 Å². The maximum absolute atomic E-state index is 4.43. The Labute approximate surface area is 110 Å². The van der Waals surface area contributed by atoms with Gasteiger partial charge in [-0.1, -0.05) is 32.5 Å². The van der Waals surface area contributed by atoms with E-state index in [4.69, 9.17) is 0 Å². The van der Waals surface area contributed by atoms with E-state index >= 15 is 0 Å². The highest BCUT2D eigenvalue weighted by Crippen LogP contribution is 2.29. The van der Waals surface area contributed by atoms with Gasteiger partial charge in [0.05, 0.1) is 0 Å². The molecule has 7 heteroatoms. The van der Waals surface area contributed by atoms with E-state index in [1.54, 1.807) is 42.1 Å². The molecule has 96 valence electrons. The van der Waals surface area contributed by atoms with Crippen molar-refractivity contribution >= 4 is 17.7 Å². The lowest BCUT2D eigenvalue weighted by Crippen LogP contribution is -2.11. The molecule has 0 aromatic carbocycles. The van der Waals surface area contributed by atoms with Gasteiger partial charge in [-0.3, -0.25) is 4.57 Å². The number of anilines is 1. The molecule has 0 saturated carbocycles. The third-order valence-corrected chi connectivity index (χ3v) is 2.94. The molecule has 6 nitrogen and oxygen atoms in total. The molecule has 2 aromatic heterocycles. The molecule has 0 spiro atoms. The number of thioether (sulfide) groups is 1. The van der Waals surface area contributed by atoms with Gasteiger partial charge in [-0.05, 0) is 0 Å². The minimum Gasteiger partial charge on any atom is -0.357 e. The summed E-state index contributed by atoms with van der Waals surface area (Å²) in [4.78, 5) is 17.1. The van der Waals surface area contributed by atoms with Crippen LogP contribution in [0.5, 0.6) is 0 Å². The third kappa shape index (κ3) is 3.19. The van der Waals surface area contributed by atoms with Gasteiger partial charge in [-0.25, -0.2) is 4.98 Å². The second kappa shape index (κ2) is 4.93. The molecule has 0 radical (unpaired) electrons. The Morgan fingerprint density at radius 3 is 2.56 bits per heavy atom. The highest BCUT2D eigenvalue weighted by atomic mass is 32.2. The Kier molecular flexibility index (Phi) is 3.51. The zero-order valence-corrected chi connectivity index (χ0v) is 11.7. The Hall–Kier alpha value is -1.63. The molecule has 0 unspecified atom stereocenters. The lowest BCUT2D eigenvalue weighted by molar-refractivity contribution is 0.777. The number of rotatable bonds is 3. The fourth-order valence-electron chi connectivity index (χ4n) is 1.27. The zero-order chi connectivity index (χ0) is 13.2. The number of hydrogen-bond donors (Lipinski definition) is 1. The quantitative estimate of drug-likeness (QED) is 0.855. The maximum Gasteiger partial charge on any atom is 0.240 e. The molecule has 2 heterocycles. The van der Waals surface area contributed by atoms with Crippen molar-refractivity contribution in [1.29, 1.82) is 0 Å². The Bertz CT molecular complexity index is 517. The summed E-state index contributed by atoms with van der Waals surface area (Å²) in [5.41, 5.74) is 0. The molecule has 0 saturated heterocycles. The van der Waals surface area contributed by atoms with Crippen LogP contribution in [0, 0.1) is 0 Å². The van der Waals surface area contributed by atoms with E-state index in [2.05, 4.69) is 46.0 Å². The fraction of sp³-hybridized carbons (Fsp3) is 0.455. The van der Waals surface area contributed by atoms with Gasteiger partial charge >= 0.3 is 0 Å². The second-order valence-corrected chi connectivity index (χ2v) is 6.47. The number of nitrogens with one attached hydrogen (secondary N) is 1. The molecule has 0 aliphatic heterocycles. The molecule has 2 aromatic rings. The highest BCUT2D eigenvalue weighted by molar-refractivity contribution is 8.00. The van der Waals surface area contributed by atoms with Crippen molar-refractivity contribution in [3.05, 3.63) is 18.7 Å². The van der Waals surface area contributed by atoms with E-state index in [-0.39, 0.29) is 4.75 Å². The van der Waals surface area contributed by atoms with Crippen LogP contribution in [0.15, 0.2) is 23.9 Å². The van der Waals surface area contributed by atoms with Crippen LogP contribution in [0.4, 0.5) is 5.95 Å². The summed E-state index contributed by atoms with van der Waals surface area (Å²) in [5.74, 6) is 1.12. The van der Waals surface area contributed by atoms with Crippen molar-refractivity contribution in [1.82, 2.24) is 24.5 Å². The predicted molar refractivity (Wildman–Crippen MR) is 72.1 cm³/mol. The summed E-state index contributed by atoms with van der Waals surface area (Å²) >= 11 is 1.61. The van der Waals surface area contributed by atoms with E-state index in [1.165, 1.54) is 0 Å². The van der Waals surface area contributed by atoms with Crippen LogP contribution in [0.2, 0.25) is 0 Å². The van der Waals surface area contributed by atoms with E-state index < -0.39 is 0 Å². The van der Waals surface area contributed by atoms with Gasteiger partial charge in [0.1, 0.15) is 6.33 Å². The average Bonchev–Trinajstić information content (AvgIpc) is 2.79. The summed E-state index contributed by atoms with van der Waals surface area (Å²) in [6.07, 6.45) is 5.17. The monoisotopic (exact) mass is 264 g/mol. The lowest BCUT2D eigenvalue weighted by Gasteiger charge is -2.16. The Morgan fingerprint density at radius 2 is 2.00 bits per heavy atom. The standard InChI is InChI=1S/C11H16N6S/c1-11(2,3)18-10-15-8(12-4)14-9(16-10)17-6-5-13-7-17/h5-7H,1-4H3,(H,12,14,15,16). The molecule has 1 N–H and O–H groups in total. The normalized spacial score (nSPS) is 11.6. The lowest BCUT2D eigenvalue weighted by atomic mass is 10.3. The minimum atomic E-state index is 0.0541. The number of hydrogen-bond acceptors (Lipinski definition) is 6. The van der Waals surface area contributed by atoms with Gasteiger partial charge in [0.15, 0.2) is 5.16 Å². The predicted octanol–water partition coefficient (Wildman–Crippen LogP) is 1.99. The van der Waals surface area contributed by atoms with Crippen molar-refractivity contribution < 1.29 is 0 Å². The van der Waals surface area contributed by atoms with Crippen LogP contribution in [0.3, 0.4) is 0 Å². The first-order chi connectivity index (χ1) is 8.48. The molecule has 0 amide bonds. The van der Waals surface area contributed by atoms with Crippen molar-refractivity contribution in [2.45, 2.75) is 30.7 Å². The van der Waals surface area contributed by atoms with E-state index in [9.17, 15) is 0 Å². The molecule has 0 aliphatic carbocycles. The van der Waals surface area contributed by atoms with Gasteiger partial charge in [0, 0.05) is 24.2 Å². The first kappa shape index (κ1) is 12.8. The van der Waals surface area contributed by atoms with Crippen molar-refractivity contribution in [2.75, 3.05) is 12.4 Å². The van der Waals surface area contributed by atoms with Gasteiger partial charge < -0.3 is 5.32 Å². The molecular weight excluding hydrogens is 248 g/mol. The van der Waals surface area contributed by atoms with Gasteiger partial charge in [-0.2, -0.15) is 15.0 Å². The molecule has 0 fully saturated rings. The van der Waals surface area contributed by atoms with Gasteiger partial charge in [0.2, 0.25) is 11.9 Å². The zero-order valence-electron chi connectivity index (χ0n) is 10.9. The Morgan fingerprint density at radius 1 is 1.22 bits per heavy atom. The molecule has 0 aliphatic rings. The van der Waals surface area contributed by atoms with Crippen LogP contribution in [0.1, 0.15) is 20.8 Å². The highest BCUT2D eigenvalue weighted by Gasteiger charge is 2.16. The first-order valence-electron chi connectivity index (χ1n) is 5.59. The second-order valence-electron chi connectivity index (χ2n) is 4.68. The summed E-state index contributed by atoms with van der Waals surface area (Å²) in [6.45, 7) is 6.37. The number of nitrogens with zero attached hydrogens (tertiary/aromatic N) is 5. The molecule has 0 bridgehead atoms.